The molecule has 2 heterocycles. The van der Waals surface area contributed by atoms with Crippen LogP contribution in [0.1, 0.15) is 43.9 Å². The summed E-state index contributed by atoms with van der Waals surface area (Å²) in [5, 5.41) is 2.96. The number of hydrogen-bond donors (Lipinski definition) is 1. The summed E-state index contributed by atoms with van der Waals surface area (Å²) in [6, 6.07) is 14.1. The fourth-order valence-electron chi connectivity index (χ4n) is 4.48. The number of benzene rings is 2. The van der Waals surface area contributed by atoms with E-state index >= 15 is 0 Å². The lowest BCUT2D eigenvalue weighted by Gasteiger charge is -2.20. The van der Waals surface area contributed by atoms with E-state index in [-0.39, 0.29) is 5.28 Å². The van der Waals surface area contributed by atoms with Crippen molar-refractivity contribution in [1.82, 2.24) is 24.8 Å². The molecule has 0 saturated carbocycles. The predicted octanol–water partition coefficient (Wildman–Crippen LogP) is 5.64. The molecule has 0 fully saturated rings. The van der Waals surface area contributed by atoms with Crippen LogP contribution in [0.25, 0.3) is 11.2 Å². The number of rotatable bonds is 11. The first-order valence-electron chi connectivity index (χ1n) is 13.4. The van der Waals surface area contributed by atoms with Crippen LogP contribution in [0.2, 0.25) is 5.28 Å². The van der Waals surface area contributed by atoms with Gasteiger partial charge in [-0.1, -0.05) is 24.3 Å². The molecule has 4 aromatic rings. The topological polar surface area (TPSA) is 104 Å². The molecule has 0 bridgehead atoms. The van der Waals surface area contributed by atoms with Gasteiger partial charge in [0.05, 0.1) is 27.1 Å². The third kappa shape index (κ3) is 8.00. The summed E-state index contributed by atoms with van der Waals surface area (Å²) in [6.07, 6.45) is 2.99. The second-order valence-electron chi connectivity index (χ2n) is 10.7. The molecule has 0 aliphatic heterocycles. The lowest BCUT2D eigenvalue weighted by molar-refractivity contribution is 0.0527. The summed E-state index contributed by atoms with van der Waals surface area (Å²) in [7, 11) is 5.19. The van der Waals surface area contributed by atoms with Gasteiger partial charge in [0.1, 0.15) is 17.1 Å². The van der Waals surface area contributed by atoms with Crippen molar-refractivity contribution in [2.24, 2.45) is 0 Å². The Morgan fingerprint density at radius 1 is 1.07 bits per heavy atom. The average molecular weight is 581 g/mol. The van der Waals surface area contributed by atoms with E-state index in [1.54, 1.807) is 20.5 Å². The molecule has 10 nitrogen and oxygen atoms in total. The Hall–Kier alpha value is -4.05. The predicted molar refractivity (Wildman–Crippen MR) is 160 cm³/mol. The second kappa shape index (κ2) is 13.1. The normalized spacial score (nSPS) is 11.4. The van der Waals surface area contributed by atoms with Crippen molar-refractivity contribution in [1.29, 1.82) is 0 Å². The highest BCUT2D eigenvalue weighted by atomic mass is 35.5. The molecule has 1 N–H and O–H groups in total. The number of carbonyl (C=O) groups is 1. The number of aromatic nitrogens is 4. The highest BCUT2D eigenvalue weighted by Crippen LogP contribution is 2.29. The number of anilines is 1. The summed E-state index contributed by atoms with van der Waals surface area (Å²) in [4.78, 5) is 27.5. The quantitative estimate of drug-likeness (QED) is 0.180. The Labute approximate surface area is 245 Å². The summed E-state index contributed by atoms with van der Waals surface area (Å²) < 4.78 is 18.1. The maximum absolute atomic E-state index is 11.9. The molecule has 11 heteroatoms. The van der Waals surface area contributed by atoms with Crippen LogP contribution in [0.3, 0.4) is 0 Å². The zero-order valence-electron chi connectivity index (χ0n) is 24.4. The minimum Gasteiger partial charge on any atom is -0.497 e. The first kappa shape index (κ1) is 29.9. The molecule has 0 spiro atoms. The Kier molecular flexibility index (Phi) is 9.54. The zero-order chi connectivity index (χ0) is 29.6. The van der Waals surface area contributed by atoms with Crippen LogP contribution in [-0.4, -0.2) is 59.0 Å². The van der Waals surface area contributed by atoms with Crippen molar-refractivity contribution in [3.63, 3.8) is 0 Å². The fourth-order valence-corrected chi connectivity index (χ4v) is 4.64. The maximum atomic E-state index is 11.9. The van der Waals surface area contributed by atoms with Gasteiger partial charge in [0, 0.05) is 31.8 Å². The van der Waals surface area contributed by atoms with Crippen molar-refractivity contribution in [2.75, 3.05) is 32.7 Å². The van der Waals surface area contributed by atoms with Gasteiger partial charge >= 0.3 is 6.09 Å². The number of hydrogen-bond acceptors (Lipinski definition) is 8. The molecule has 0 aliphatic rings. The number of fused-ring (bicyclic) bond motifs is 1. The van der Waals surface area contributed by atoms with Crippen LogP contribution >= 0.6 is 11.6 Å². The van der Waals surface area contributed by atoms with E-state index in [1.807, 2.05) is 61.6 Å². The van der Waals surface area contributed by atoms with Gasteiger partial charge in [0.25, 0.3) is 0 Å². The monoisotopic (exact) mass is 580 g/mol. The van der Waals surface area contributed by atoms with Gasteiger partial charge in [-0.15, -0.1) is 0 Å². The van der Waals surface area contributed by atoms with Crippen LogP contribution in [0, 0.1) is 0 Å². The minimum atomic E-state index is -0.509. The highest BCUT2D eigenvalue weighted by molar-refractivity contribution is 6.28. The number of alkyl carbamates (subject to hydrolysis) is 1. The molecule has 1 amide bonds. The molecule has 0 aliphatic carbocycles. The van der Waals surface area contributed by atoms with Crippen LogP contribution in [0.4, 0.5) is 10.6 Å². The van der Waals surface area contributed by atoms with Gasteiger partial charge in [-0.05, 0) is 68.5 Å². The summed E-state index contributed by atoms with van der Waals surface area (Å²) in [6.45, 7) is 7.18. The third-order valence-corrected chi connectivity index (χ3v) is 6.51. The average Bonchev–Trinajstić information content (AvgIpc) is 3.32. The molecule has 2 aromatic carbocycles. The number of imidazole rings is 1. The number of ether oxygens (including phenoxy) is 3. The van der Waals surface area contributed by atoms with Gasteiger partial charge in [0.2, 0.25) is 5.28 Å². The Balaban J connectivity index is 1.45. The molecular formula is C30H37ClN6O4. The van der Waals surface area contributed by atoms with Crippen molar-refractivity contribution in [3.05, 3.63) is 70.8 Å². The molecule has 2 aromatic heterocycles. The van der Waals surface area contributed by atoms with Gasteiger partial charge in [-0.25, -0.2) is 9.78 Å². The first-order valence-corrected chi connectivity index (χ1v) is 13.8. The zero-order valence-corrected chi connectivity index (χ0v) is 25.2. The smallest absolute Gasteiger partial charge is 0.407 e. The number of nitrogens with one attached hydrogen (secondary N) is 1. The number of carbonyl (C=O) groups excluding carboxylic acids is 1. The summed E-state index contributed by atoms with van der Waals surface area (Å²) in [5.41, 5.74) is 4.06. The van der Waals surface area contributed by atoms with Crippen LogP contribution in [-0.2, 0) is 24.2 Å². The molecule has 41 heavy (non-hydrogen) atoms. The largest absolute Gasteiger partial charge is 0.497 e. The molecule has 0 unspecified atom stereocenters. The van der Waals surface area contributed by atoms with Crippen molar-refractivity contribution in [2.45, 2.75) is 52.3 Å². The van der Waals surface area contributed by atoms with Crippen LogP contribution < -0.4 is 19.7 Å². The number of aryl methyl sites for hydroxylation is 1. The SMILES string of the molecule is COc1ccc(CN(C)c2nc(Cl)nc3c2ncn3Cc2cccc(CCCNC(=O)OC(C)(C)C)c2)c(OC)c1. The van der Waals surface area contributed by atoms with Gasteiger partial charge in [-0.3, -0.25) is 0 Å². The van der Waals surface area contributed by atoms with Gasteiger partial charge < -0.3 is 29.0 Å². The van der Waals surface area contributed by atoms with E-state index in [2.05, 4.69) is 38.5 Å². The molecule has 4 rings (SSSR count). The van der Waals surface area contributed by atoms with Crippen LogP contribution in [0.5, 0.6) is 11.5 Å². The summed E-state index contributed by atoms with van der Waals surface area (Å²) >= 11 is 6.38. The number of halogens is 1. The fraction of sp³-hybridized carbons (Fsp3) is 0.400. The van der Waals surface area contributed by atoms with Crippen molar-refractivity contribution in [3.8, 4) is 11.5 Å². The van der Waals surface area contributed by atoms with Crippen molar-refractivity contribution < 1.29 is 19.0 Å². The minimum absolute atomic E-state index is 0.147. The Morgan fingerprint density at radius 2 is 1.85 bits per heavy atom. The number of amides is 1. The van der Waals surface area contributed by atoms with Gasteiger partial charge in [0.15, 0.2) is 17.0 Å². The number of methoxy groups -OCH3 is 2. The third-order valence-electron chi connectivity index (χ3n) is 6.34. The number of nitrogens with zero attached hydrogens (tertiary/aromatic N) is 5. The van der Waals surface area contributed by atoms with E-state index in [4.69, 9.17) is 25.8 Å². The van der Waals surface area contributed by atoms with E-state index in [0.29, 0.717) is 36.6 Å². The van der Waals surface area contributed by atoms with Crippen LogP contribution in [0.15, 0.2) is 48.8 Å². The molecular weight excluding hydrogens is 544 g/mol. The van der Waals surface area contributed by atoms with Gasteiger partial charge in [-0.2, -0.15) is 9.97 Å². The lowest BCUT2D eigenvalue weighted by atomic mass is 10.1. The maximum Gasteiger partial charge on any atom is 0.407 e. The molecule has 0 saturated heterocycles. The standard InChI is InChI=1S/C30H37ClN6O4/c1-30(2,3)41-29(38)32-14-8-11-20-9-7-10-21(15-20)17-37-19-33-25-26(34-28(31)35-27(25)37)36(4)18-22-12-13-23(39-5)16-24(22)40-6/h7,9-10,12-13,15-16,19H,8,11,14,17-18H2,1-6H3,(H,32,38). The van der Waals surface area contributed by atoms with E-state index in [9.17, 15) is 4.79 Å². The first-order chi connectivity index (χ1) is 19.6. The molecule has 0 atom stereocenters. The second-order valence-corrected chi connectivity index (χ2v) is 11.1. The Morgan fingerprint density at radius 3 is 2.59 bits per heavy atom. The highest BCUT2D eigenvalue weighted by Gasteiger charge is 2.18. The molecule has 218 valence electrons. The molecule has 0 radical (unpaired) electrons. The lowest BCUT2D eigenvalue weighted by Crippen LogP contribution is -2.33. The summed E-state index contributed by atoms with van der Waals surface area (Å²) in [5.74, 6) is 2.07. The van der Waals surface area contributed by atoms with E-state index in [1.165, 1.54) is 5.56 Å². The van der Waals surface area contributed by atoms with E-state index in [0.717, 1.165) is 35.5 Å². The van der Waals surface area contributed by atoms with E-state index < -0.39 is 11.7 Å². The van der Waals surface area contributed by atoms with Crippen molar-refractivity contribution >= 4 is 34.7 Å². The Bertz CT molecular complexity index is 1500.